The average Bonchev–Trinajstić information content (AvgIpc) is 2.85. The van der Waals surface area contributed by atoms with Gasteiger partial charge in [0.1, 0.15) is 23.4 Å². The predicted molar refractivity (Wildman–Crippen MR) is 131 cm³/mol. The van der Waals surface area contributed by atoms with Gasteiger partial charge in [-0.15, -0.1) is 0 Å². The van der Waals surface area contributed by atoms with Crippen LogP contribution in [-0.2, 0) is 21.4 Å². The molecule has 12 heteroatoms. The quantitative estimate of drug-likeness (QED) is 0.402. The number of hydrogen-bond donors (Lipinski definition) is 3. The molecule has 0 bridgehead atoms. The molecule has 36 heavy (non-hydrogen) atoms. The summed E-state index contributed by atoms with van der Waals surface area (Å²) in [4.78, 5) is 27.1. The number of hydrogen-bond acceptors (Lipinski definition) is 5. The fourth-order valence-electron chi connectivity index (χ4n) is 3.27. The van der Waals surface area contributed by atoms with E-state index in [9.17, 15) is 26.8 Å². The number of nitrogens with zero attached hydrogens (tertiary/aromatic N) is 1. The zero-order valence-electron chi connectivity index (χ0n) is 19.4. The van der Waals surface area contributed by atoms with Gasteiger partial charge in [-0.25, -0.2) is 18.3 Å². The van der Waals surface area contributed by atoms with Gasteiger partial charge in [-0.05, 0) is 42.0 Å². The molecular weight excluding hydrogens is 494 g/mol. The van der Waals surface area contributed by atoms with Crippen molar-refractivity contribution in [3.8, 4) is 5.75 Å². The third-order valence-electron chi connectivity index (χ3n) is 5.08. The molecule has 0 heterocycles. The van der Waals surface area contributed by atoms with Crippen molar-refractivity contribution < 1.29 is 31.5 Å². The molecule has 0 aliphatic rings. The molecule has 3 aromatic carbocycles. The predicted octanol–water partition coefficient (Wildman–Crippen LogP) is 3.20. The summed E-state index contributed by atoms with van der Waals surface area (Å²) in [5, 5.41) is 2.35. The summed E-state index contributed by atoms with van der Waals surface area (Å²) in [6, 6.07) is 15.2. The Balaban J connectivity index is 1.77. The fourth-order valence-corrected chi connectivity index (χ4v) is 4.07. The van der Waals surface area contributed by atoms with Crippen LogP contribution < -0.4 is 24.4 Å². The molecule has 0 fully saturated rings. The fraction of sp³-hybridized carbons (Fsp3) is 0.167. The molecule has 190 valence electrons. The monoisotopic (exact) mass is 518 g/mol. The van der Waals surface area contributed by atoms with Gasteiger partial charge in [0.15, 0.2) is 0 Å². The second-order valence-electron chi connectivity index (χ2n) is 7.64. The van der Waals surface area contributed by atoms with Crippen molar-refractivity contribution in [3.05, 3.63) is 90.0 Å². The van der Waals surface area contributed by atoms with E-state index in [1.807, 2.05) is 0 Å². The maximum Gasteiger partial charge on any atom is 0.330 e. The topological polar surface area (TPSA) is 117 Å². The highest BCUT2D eigenvalue weighted by atomic mass is 32.2. The minimum Gasteiger partial charge on any atom is -0.497 e. The Labute approximate surface area is 207 Å². The Bertz CT molecular complexity index is 1320. The lowest BCUT2D eigenvalue weighted by Gasteiger charge is -2.25. The number of benzene rings is 3. The Morgan fingerprint density at radius 2 is 1.67 bits per heavy atom. The summed E-state index contributed by atoms with van der Waals surface area (Å²) in [5.41, 5.74) is 0.533. The number of rotatable bonds is 9. The highest BCUT2D eigenvalue weighted by Gasteiger charge is 2.27. The minimum absolute atomic E-state index is 0.0551. The van der Waals surface area contributed by atoms with E-state index in [1.54, 1.807) is 64.0 Å². The van der Waals surface area contributed by atoms with Gasteiger partial charge >= 0.3 is 16.2 Å². The van der Waals surface area contributed by atoms with Gasteiger partial charge in [-0.1, -0.05) is 30.3 Å². The number of ether oxygens (including phenoxy) is 1. The van der Waals surface area contributed by atoms with Crippen LogP contribution in [0.4, 0.5) is 25.0 Å². The molecule has 0 aliphatic carbocycles. The zero-order valence-corrected chi connectivity index (χ0v) is 20.2. The lowest BCUT2D eigenvalue weighted by molar-refractivity contribution is -0.120. The van der Waals surface area contributed by atoms with E-state index >= 15 is 0 Å². The van der Waals surface area contributed by atoms with E-state index in [4.69, 9.17) is 4.74 Å². The third kappa shape index (κ3) is 7.15. The summed E-state index contributed by atoms with van der Waals surface area (Å²) in [6.07, 6.45) is 0.0551. The van der Waals surface area contributed by atoms with Gasteiger partial charge in [0.25, 0.3) is 0 Å². The Morgan fingerprint density at radius 1 is 1.00 bits per heavy atom. The summed E-state index contributed by atoms with van der Waals surface area (Å²) < 4.78 is 60.3. The largest absolute Gasteiger partial charge is 0.497 e. The van der Waals surface area contributed by atoms with Crippen LogP contribution in [0.25, 0.3) is 0 Å². The van der Waals surface area contributed by atoms with Crippen molar-refractivity contribution in [1.82, 2.24) is 10.0 Å². The second kappa shape index (κ2) is 11.5. The van der Waals surface area contributed by atoms with Gasteiger partial charge in [0, 0.05) is 25.2 Å². The summed E-state index contributed by atoms with van der Waals surface area (Å²) in [7, 11) is -1.64. The number of halogens is 2. The van der Waals surface area contributed by atoms with Crippen molar-refractivity contribution in [2.24, 2.45) is 0 Å². The maximum absolute atomic E-state index is 13.8. The zero-order chi connectivity index (χ0) is 26.3. The second-order valence-corrected chi connectivity index (χ2v) is 9.06. The molecule has 1 atom stereocenters. The number of methoxy groups -OCH3 is 1. The van der Waals surface area contributed by atoms with Crippen molar-refractivity contribution in [1.29, 1.82) is 0 Å². The van der Waals surface area contributed by atoms with Crippen molar-refractivity contribution in [2.75, 3.05) is 23.8 Å². The van der Waals surface area contributed by atoms with Crippen LogP contribution in [0.3, 0.4) is 0 Å². The lowest BCUT2D eigenvalue weighted by atomic mass is 10.0. The number of carbonyl (C=O) groups excluding carboxylic acids is 2. The number of urea groups is 1. The molecule has 0 aliphatic heterocycles. The van der Waals surface area contributed by atoms with E-state index in [0.717, 1.165) is 12.1 Å². The first kappa shape index (κ1) is 26.4. The van der Waals surface area contributed by atoms with Crippen molar-refractivity contribution in [3.63, 3.8) is 0 Å². The summed E-state index contributed by atoms with van der Waals surface area (Å²) in [6.45, 7) is 0. The average molecular weight is 519 g/mol. The third-order valence-corrected chi connectivity index (χ3v) is 6.02. The Morgan fingerprint density at radius 3 is 2.31 bits per heavy atom. The highest BCUT2D eigenvalue weighted by molar-refractivity contribution is 7.91. The van der Waals surface area contributed by atoms with Crippen LogP contribution in [0.5, 0.6) is 5.75 Å². The van der Waals surface area contributed by atoms with Crippen molar-refractivity contribution in [2.45, 2.75) is 12.5 Å². The first-order valence-electron chi connectivity index (χ1n) is 10.6. The normalized spacial score (nSPS) is 11.8. The highest BCUT2D eigenvalue weighted by Crippen LogP contribution is 2.20. The van der Waals surface area contributed by atoms with E-state index in [-0.39, 0.29) is 6.42 Å². The molecule has 0 aromatic heterocycles. The number of carbonyl (C=O) groups is 2. The van der Waals surface area contributed by atoms with Gasteiger partial charge in [-0.3, -0.25) is 9.52 Å². The first-order chi connectivity index (χ1) is 17.1. The lowest BCUT2D eigenvalue weighted by Crippen LogP contribution is -2.53. The SMILES string of the molecule is COc1ccc(N(C)C(=O)C(Cc2ccccc2)NC(=O)NS(=O)(=O)Nc2cc(F)ccc2F)cc1. The van der Waals surface area contributed by atoms with Crippen molar-refractivity contribution >= 4 is 33.5 Å². The molecular formula is C24H24F2N4O5S. The molecule has 0 saturated heterocycles. The summed E-state index contributed by atoms with van der Waals surface area (Å²) >= 11 is 0. The van der Waals surface area contributed by atoms with E-state index in [1.165, 1.54) is 19.1 Å². The van der Waals surface area contributed by atoms with Crippen LogP contribution in [0, 0.1) is 11.6 Å². The molecule has 0 radical (unpaired) electrons. The minimum atomic E-state index is -4.65. The number of nitrogens with one attached hydrogen (secondary N) is 3. The van der Waals surface area contributed by atoms with Crippen LogP contribution in [0.2, 0.25) is 0 Å². The van der Waals surface area contributed by atoms with Gasteiger partial charge in [0.05, 0.1) is 12.8 Å². The summed E-state index contributed by atoms with van der Waals surface area (Å²) in [5.74, 6) is -1.86. The number of anilines is 2. The van der Waals surface area contributed by atoms with E-state index in [2.05, 4.69) is 5.32 Å². The van der Waals surface area contributed by atoms with E-state index < -0.39 is 45.5 Å². The van der Waals surface area contributed by atoms with Gasteiger partial charge in [0.2, 0.25) is 5.91 Å². The van der Waals surface area contributed by atoms with E-state index in [0.29, 0.717) is 23.1 Å². The van der Waals surface area contributed by atoms with Gasteiger partial charge < -0.3 is 15.0 Å². The number of likely N-dealkylation sites (N-methyl/N-ethyl adjacent to an activating group) is 1. The molecule has 0 saturated carbocycles. The smallest absolute Gasteiger partial charge is 0.330 e. The van der Waals surface area contributed by atoms with Crippen LogP contribution in [0.15, 0.2) is 72.8 Å². The van der Waals surface area contributed by atoms with Crippen LogP contribution in [0.1, 0.15) is 5.56 Å². The maximum atomic E-state index is 13.8. The van der Waals surface area contributed by atoms with Gasteiger partial charge in [-0.2, -0.15) is 8.42 Å². The Hall–Kier alpha value is -4.19. The molecule has 0 spiro atoms. The standard InChI is InChI=1S/C24H24F2N4O5S/c1-30(18-9-11-19(35-2)12-10-18)23(31)22(14-16-6-4-3-5-7-16)27-24(32)29-36(33,34)28-21-15-17(25)8-13-20(21)26/h3-13,15,22,28H,14H2,1-2H3,(H2,27,29,32). The number of amides is 3. The molecule has 1 unspecified atom stereocenters. The van der Waals surface area contributed by atoms with Crippen LogP contribution in [-0.4, -0.2) is 40.6 Å². The first-order valence-corrected chi connectivity index (χ1v) is 12.1. The molecule has 3 rings (SSSR count). The molecule has 3 N–H and O–H groups in total. The van der Waals surface area contributed by atoms with Crippen LogP contribution >= 0.6 is 0 Å². The molecule has 3 amide bonds. The molecule has 3 aromatic rings. The Kier molecular flexibility index (Phi) is 8.43. The molecule has 9 nitrogen and oxygen atoms in total.